The van der Waals surface area contributed by atoms with Gasteiger partial charge in [0.15, 0.2) is 23.4 Å². The molecule has 0 saturated heterocycles. The number of methoxy groups -OCH3 is 3. The van der Waals surface area contributed by atoms with Gasteiger partial charge in [-0.05, 0) is 0 Å². The third kappa shape index (κ3) is 3.66. The van der Waals surface area contributed by atoms with Gasteiger partial charge >= 0.3 is 0 Å². The molecule has 0 fully saturated rings. The van der Waals surface area contributed by atoms with Crippen molar-refractivity contribution in [3.05, 3.63) is 12.1 Å². The Bertz CT molecular complexity index is 464. The molecule has 0 saturated carbocycles. The number of hydrogen-bond donors (Lipinski definition) is 5. The van der Waals surface area contributed by atoms with E-state index in [0.717, 1.165) is 0 Å². The maximum atomic E-state index is 7.55. The van der Waals surface area contributed by atoms with Crippen LogP contribution in [0.1, 0.15) is 0 Å². The first-order valence-corrected chi connectivity index (χ1v) is 5.28. The summed E-state index contributed by atoms with van der Waals surface area (Å²) in [4.78, 5) is 0. The zero-order chi connectivity index (χ0) is 14.4. The molecule has 0 aliphatic carbocycles. The SMILES string of the molecule is COc1cc(NC(=N)NC(=N)N)cc(OC)c1OC. The number of hydrogen-bond acceptors (Lipinski definition) is 5. The lowest BCUT2D eigenvalue weighted by Crippen LogP contribution is -2.39. The first-order chi connectivity index (χ1) is 9.01. The predicted molar refractivity (Wildman–Crippen MR) is 72.5 cm³/mol. The minimum absolute atomic E-state index is 0.137. The van der Waals surface area contributed by atoms with E-state index in [1.807, 2.05) is 0 Å². The minimum Gasteiger partial charge on any atom is -0.493 e. The largest absolute Gasteiger partial charge is 0.493 e. The highest BCUT2D eigenvalue weighted by Crippen LogP contribution is 2.39. The molecule has 0 unspecified atom stereocenters. The third-order valence-electron chi connectivity index (χ3n) is 2.19. The Morgan fingerprint density at radius 3 is 1.95 bits per heavy atom. The fourth-order valence-corrected chi connectivity index (χ4v) is 1.46. The monoisotopic (exact) mass is 267 g/mol. The van der Waals surface area contributed by atoms with Crippen LogP contribution < -0.4 is 30.6 Å². The lowest BCUT2D eigenvalue weighted by atomic mass is 10.2. The maximum Gasteiger partial charge on any atom is 0.203 e. The van der Waals surface area contributed by atoms with Crippen LogP contribution in [0.15, 0.2) is 12.1 Å². The topological polar surface area (TPSA) is 125 Å². The normalized spacial score (nSPS) is 9.42. The van der Waals surface area contributed by atoms with Crippen molar-refractivity contribution in [2.24, 2.45) is 5.73 Å². The van der Waals surface area contributed by atoms with Gasteiger partial charge in [0, 0.05) is 17.8 Å². The Hall–Kier alpha value is -2.64. The molecule has 1 aromatic carbocycles. The van der Waals surface area contributed by atoms with E-state index in [1.165, 1.54) is 21.3 Å². The summed E-state index contributed by atoms with van der Waals surface area (Å²) in [5.41, 5.74) is 5.66. The summed E-state index contributed by atoms with van der Waals surface area (Å²) in [5, 5.41) is 19.6. The molecule has 0 aromatic heterocycles. The van der Waals surface area contributed by atoms with Crippen molar-refractivity contribution in [2.45, 2.75) is 0 Å². The van der Waals surface area contributed by atoms with Gasteiger partial charge in [-0.15, -0.1) is 0 Å². The van der Waals surface area contributed by atoms with Crippen LogP contribution in [0.3, 0.4) is 0 Å². The lowest BCUT2D eigenvalue weighted by molar-refractivity contribution is 0.324. The van der Waals surface area contributed by atoms with Crippen LogP contribution in [0.2, 0.25) is 0 Å². The molecule has 1 aromatic rings. The quantitative estimate of drug-likeness (QED) is 0.400. The van der Waals surface area contributed by atoms with Crippen molar-refractivity contribution in [2.75, 3.05) is 26.6 Å². The summed E-state index contributed by atoms with van der Waals surface area (Å²) in [6, 6.07) is 3.27. The Labute approximate surface area is 110 Å². The van der Waals surface area contributed by atoms with Crippen LogP contribution in [0.5, 0.6) is 17.2 Å². The van der Waals surface area contributed by atoms with Gasteiger partial charge in [0.05, 0.1) is 21.3 Å². The van der Waals surface area contributed by atoms with Gasteiger partial charge in [0.1, 0.15) is 0 Å². The fourth-order valence-electron chi connectivity index (χ4n) is 1.46. The summed E-state index contributed by atoms with van der Waals surface area (Å²) in [7, 11) is 4.51. The highest BCUT2D eigenvalue weighted by atomic mass is 16.5. The summed E-state index contributed by atoms with van der Waals surface area (Å²) in [5.74, 6) is 0.910. The van der Waals surface area contributed by atoms with Gasteiger partial charge in [-0.1, -0.05) is 0 Å². The number of benzene rings is 1. The molecular formula is C11H17N5O3. The van der Waals surface area contributed by atoms with Gasteiger partial charge in [0.25, 0.3) is 0 Å². The van der Waals surface area contributed by atoms with Gasteiger partial charge < -0.3 is 25.3 Å². The second kappa shape index (κ2) is 6.34. The molecule has 8 heteroatoms. The third-order valence-corrected chi connectivity index (χ3v) is 2.19. The molecular weight excluding hydrogens is 250 g/mol. The van der Waals surface area contributed by atoms with E-state index < -0.39 is 0 Å². The highest BCUT2D eigenvalue weighted by Gasteiger charge is 2.13. The van der Waals surface area contributed by atoms with Gasteiger partial charge in [-0.3, -0.25) is 16.1 Å². The molecule has 0 radical (unpaired) electrons. The standard InChI is InChI=1S/C11H17N5O3/c1-17-7-4-6(15-11(14)16-10(12)13)5-8(18-2)9(7)19-3/h4-5H,1-3H3,(H6,12,13,14,15,16). The van der Waals surface area contributed by atoms with Crippen LogP contribution in [0, 0.1) is 10.8 Å². The summed E-state index contributed by atoms with van der Waals surface area (Å²) >= 11 is 0. The molecule has 0 amide bonds. The van der Waals surface area contributed by atoms with Crippen molar-refractivity contribution < 1.29 is 14.2 Å². The number of rotatable bonds is 4. The molecule has 104 valence electrons. The molecule has 0 heterocycles. The van der Waals surface area contributed by atoms with Crippen molar-refractivity contribution in [1.29, 1.82) is 10.8 Å². The lowest BCUT2D eigenvalue weighted by Gasteiger charge is -2.15. The van der Waals surface area contributed by atoms with E-state index in [1.54, 1.807) is 12.1 Å². The minimum atomic E-state index is -0.329. The van der Waals surface area contributed by atoms with Crippen molar-refractivity contribution in [1.82, 2.24) is 5.32 Å². The number of nitrogens with two attached hydrogens (primary N) is 1. The Morgan fingerprint density at radius 1 is 1.05 bits per heavy atom. The second-order valence-corrected chi connectivity index (χ2v) is 3.45. The number of guanidine groups is 2. The van der Waals surface area contributed by atoms with E-state index in [-0.39, 0.29) is 11.9 Å². The second-order valence-electron chi connectivity index (χ2n) is 3.45. The van der Waals surface area contributed by atoms with E-state index in [4.69, 9.17) is 30.8 Å². The molecule has 0 atom stereocenters. The molecule has 8 nitrogen and oxygen atoms in total. The van der Waals surface area contributed by atoms with Gasteiger partial charge in [-0.25, -0.2) is 0 Å². The number of nitrogens with one attached hydrogen (secondary N) is 4. The summed E-state index contributed by atoms with van der Waals surface area (Å²) < 4.78 is 15.5. The zero-order valence-electron chi connectivity index (χ0n) is 11.0. The van der Waals surface area contributed by atoms with Crippen molar-refractivity contribution in [3.8, 4) is 17.2 Å². The molecule has 6 N–H and O–H groups in total. The Morgan fingerprint density at radius 2 is 1.58 bits per heavy atom. The molecule has 1 rings (SSSR count). The first-order valence-electron chi connectivity index (χ1n) is 5.28. The van der Waals surface area contributed by atoms with Crippen LogP contribution >= 0.6 is 0 Å². The number of anilines is 1. The highest BCUT2D eigenvalue weighted by molar-refractivity contribution is 6.02. The predicted octanol–water partition coefficient (Wildman–Crippen LogP) is 0.542. The molecule has 19 heavy (non-hydrogen) atoms. The molecule has 0 aliphatic rings. The molecule has 0 bridgehead atoms. The zero-order valence-corrected chi connectivity index (χ0v) is 11.0. The van der Waals surface area contributed by atoms with Gasteiger partial charge in [0.2, 0.25) is 5.75 Å². The van der Waals surface area contributed by atoms with E-state index in [2.05, 4.69) is 10.6 Å². The molecule has 0 spiro atoms. The average molecular weight is 267 g/mol. The first kappa shape index (κ1) is 14.4. The number of ether oxygens (including phenoxy) is 3. The Balaban J connectivity index is 3.02. The fraction of sp³-hybridized carbons (Fsp3) is 0.273. The maximum absolute atomic E-state index is 7.55. The van der Waals surface area contributed by atoms with Gasteiger partial charge in [-0.2, -0.15) is 0 Å². The Kier molecular flexibility index (Phi) is 4.81. The van der Waals surface area contributed by atoms with E-state index in [9.17, 15) is 0 Å². The van der Waals surface area contributed by atoms with E-state index in [0.29, 0.717) is 22.9 Å². The van der Waals surface area contributed by atoms with Crippen molar-refractivity contribution in [3.63, 3.8) is 0 Å². The summed E-state index contributed by atoms with van der Waals surface area (Å²) in [6.07, 6.45) is 0. The smallest absolute Gasteiger partial charge is 0.203 e. The van der Waals surface area contributed by atoms with E-state index >= 15 is 0 Å². The summed E-state index contributed by atoms with van der Waals surface area (Å²) in [6.45, 7) is 0. The van der Waals surface area contributed by atoms with Crippen molar-refractivity contribution >= 4 is 17.6 Å². The van der Waals surface area contributed by atoms with Crippen LogP contribution in [0.25, 0.3) is 0 Å². The molecule has 0 aliphatic heterocycles. The van der Waals surface area contributed by atoms with Crippen LogP contribution in [-0.4, -0.2) is 33.2 Å². The van der Waals surface area contributed by atoms with Crippen LogP contribution in [0.4, 0.5) is 5.69 Å². The van der Waals surface area contributed by atoms with Crippen LogP contribution in [-0.2, 0) is 0 Å². The average Bonchev–Trinajstić information content (AvgIpc) is 2.36.